The monoisotopic (exact) mass is 449 g/mol. The first kappa shape index (κ1) is 22.1. The molecule has 6 nitrogen and oxygen atoms in total. The molecule has 1 atom stereocenters. The molecule has 9 heteroatoms. The van der Waals surface area contributed by atoms with Gasteiger partial charge in [0.05, 0.1) is 18.4 Å². The van der Waals surface area contributed by atoms with E-state index in [1.165, 1.54) is 37.3 Å². The van der Waals surface area contributed by atoms with E-state index in [1.54, 1.807) is 0 Å². The van der Waals surface area contributed by atoms with Gasteiger partial charge in [0.15, 0.2) is 5.13 Å². The number of hydrogen-bond acceptors (Lipinski definition) is 6. The average molecular weight is 450 g/mol. The van der Waals surface area contributed by atoms with Crippen LogP contribution in [0.2, 0.25) is 0 Å². The normalized spacial score (nSPS) is 20.8. The summed E-state index contributed by atoms with van der Waals surface area (Å²) in [5.74, 6) is -1.11. The largest absolute Gasteiger partial charge is 0.348 e. The van der Waals surface area contributed by atoms with Crippen molar-refractivity contribution in [1.29, 1.82) is 0 Å². The van der Waals surface area contributed by atoms with E-state index in [4.69, 9.17) is 0 Å². The summed E-state index contributed by atoms with van der Waals surface area (Å²) in [7, 11) is 0. The third kappa shape index (κ3) is 5.20. The number of aromatic nitrogens is 2. The van der Waals surface area contributed by atoms with E-state index in [0.29, 0.717) is 11.7 Å². The number of aryl methyl sites for hydroxylation is 1. The van der Waals surface area contributed by atoms with Gasteiger partial charge in [-0.1, -0.05) is 6.92 Å². The van der Waals surface area contributed by atoms with Crippen LogP contribution in [0.3, 0.4) is 0 Å². The van der Waals surface area contributed by atoms with E-state index in [0.717, 1.165) is 54.1 Å². The number of carbonyl (C=O) groups is 1. The maximum atomic E-state index is 13.7. The predicted octanol–water partition coefficient (Wildman–Crippen LogP) is 3.76. The van der Waals surface area contributed by atoms with Crippen molar-refractivity contribution in [2.45, 2.75) is 52.1 Å². The van der Waals surface area contributed by atoms with Gasteiger partial charge in [0.2, 0.25) is 0 Å². The summed E-state index contributed by atoms with van der Waals surface area (Å²) in [5.41, 5.74) is 0.353. The highest BCUT2D eigenvalue weighted by Crippen LogP contribution is 2.30. The van der Waals surface area contributed by atoms with Crippen molar-refractivity contribution < 1.29 is 13.6 Å². The minimum Gasteiger partial charge on any atom is -0.348 e. The number of amides is 1. The zero-order valence-corrected chi connectivity index (χ0v) is 18.9. The van der Waals surface area contributed by atoms with Crippen LogP contribution in [-0.4, -0.2) is 53.0 Å². The van der Waals surface area contributed by atoms with Gasteiger partial charge < -0.3 is 10.2 Å². The smallest absolute Gasteiger partial charge is 0.271 e. The molecule has 2 fully saturated rings. The van der Waals surface area contributed by atoms with E-state index in [2.05, 4.69) is 32.0 Å². The number of piperidine rings is 2. The minimum atomic E-state index is -0.776. The van der Waals surface area contributed by atoms with E-state index in [1.807, 2.05) is 6.92 Å². The number of nitrogens with one attached hydrogen (secondary N) is 1. The van der Waals surface area contributed by atoms with Gasteiger partial charge in [-0.25, -0.2) is 13.8 Å². The fourth-order valence-corrected chi connectivity index (χ4v) is 5.49. The SMILES string of the molecule is Cc1sc(N2CCC(N3CCC[C@@H](C)C3)CC2)nc1C(=O)NCc1ncc(F)cc1F. The Balaban J connectivity index is 1.33. The standard InChI is InChI=1S/C22H29F2N5OS/c1-14-4-3-7-29(13-14)17-5-8-28(9-6-17)22-27-20(15(2)31-22)21(30)26-12-19-18(24)10-16(23)11-25-19/h10-11,14,17H,3-9,12-13H2,1-2H3,(H,26,30)/t14-/m1/s1. The lowest BCUT2D eigenvalue weighted by molar-refractivity contribution is 0.0945. The second-order valence-corrected chi connectivity index (χ2v) is 9.81. The Morgan fingerprint density at radius 2 is 2.03 bits per heavy atom. The van der Waals surface area contributed by atoms with E-state index < -0.39 is 11.6 Å². The van der Waals surface area contributed by atoms with Crippen molar-refractivity contribution in [3.05, 3.63) is 40.2 Å². The molecule has 2 saturated heterocycles. The quantitative estimate of drug-likeness (QED) is 0.753. The molecule has 0 unspecified atom stereocenters. The van der Waals surface area contributed by atoms with Crippen LogP contribution >= 0.6 is 11.3 Å². The molecule has 4 rings (SSSR count). The number of nitrogens with zero attached hydrogens (tertiary/aromatic N) is 4. The number of thiazole rings is 1. The molecular formula is C22H29F2N5OS. The Labute approximate surface area is 185 Å². The van der Waals surface area contributed by atoms with Crippen LogP contribution in [0.1, 0.15) is 53.7 Å². The second-order valence-electron chi connectivity index (χ2n) is 8.63. The fraction of sp³-hybridized carbons (Fsp3) is 0.591. The van der Waals surface area contributed by atoms with Gasteiger partial charge in [0, 0.05) is 36.6 Å². The zero-order chi connectivity index (χ0) is 22.0. The van der Waals surface area contributed by atoms with Crippen LogP contribution in [0.15, 0.2) is 12.3 Å². The van der Waals surface area contributed by atoms with Gasteiger partial charge in [-0.15, -0.1) is 11.3 Å². The summed E-state index contributed by atoms with van der Waals surface area (Å²) < 4.78 is 26.7. The third-order valence-corrected chi connectivity index (χ3v) is 7.27. The lowest BCUT2D eigenvalue weighted by Gasteiger charge is -2.41. The lowest BCUT2D eigenvalue weighted by Crippen LogP contribution is -2.48. The van der Waals surface area contributed by atoms with E-state index >= 15 is 0 Å². The highest BCUT2D eigenvalue weighted by atomic mass is 32.1. The number of likely N-dealkylation sites (tertiary alicyclic amines) is 1. The molecule has 0 aliphatic carbocycles. The first-order chi connectivity index (χ1) is 14.9. The fourth-order valence-electron chi connectivity index (χ4n) is 4.53. The zero-order valence-electron chi connectivity index (χ0n) is 18.0. The molecule has 2 aliphatic rings. The van der Waals surface area contributed by atoms with Crippen LogP contribution in [-0.2, 0) is 6.54 Å². The molecule has 1 amide bonds. The maximum absolute atomic E-state index is 13.7. The molecular weight excluding hydrogens is 420 g/mol. The molecule has 168 valence electrons. The molecule has 0 radical (unpaired) electrons. The summed E-state index contributed by atoms with van der Waals surface area (Å²) in [5, 5.41) is 3.50. The van der Waals surface area contributed by atoms with Crippen LogP contribution in [0.25, 0.3) is 0 Å². The van der Waals surface area contributed by atoms with Crippen molar-refractivity contribution in [2.75, 3.05) is 31.1 Å². The van der Waals surface area contributed by atoms with Crippen molar-refractivity contribution in [3.63, 3.8) is 0 Å². The summed E-state index contributed by atoms with van der Waals surface area (Å²) in [6.07, 6.45) is 5.79. The van der Waals surface area contributed by atoms with Gasteiger partial charge >= 0.3 is 0 Å². The highest BCUT2D eigenvalue weighted by molar-refractivity contribution is 7.15. The molecule has 2 aromatic rings. The van der Waals surface area contributed by atoms with Crippen LogP contribution in [0.5, 0.6) is 0 Å². The lowest BCUT2D eigenvalue weighted by atomic mass is 9.95. The highest BCUT2D eigenvalue weighted by Gasteiger charge is 2.29. The van der Waals surface area contributed by atoms with Crippen LogP contribution in [0.4, 0.5) is 13.9 Å². The topological polar surface area (TPSA) is 61.4 Å². The van der Waals surface area contributed by atoms with Gasteiger partial charge in [-0.05, 0) is 45.1 Å². The minimum absolute atomic E-state index is 0.00282. The molecule has 2 aromatic heterocycles. The van der Waals surface area contributed by atoms with Gasteiger partial charge in [-0.3, -0.25) is 14.7 Å². The van der Waals surface area contributed by atoms with Crippen molar-refractivity contribution in [2.24, 2.45) is 5.92 Å². The van der Waals surface area contributed by atoms with Gasteiger partial charge in [0.1, 0.15) is 17.3 Å². The summed E-state index contributed by atoms with van der Waals surface area (Å²) in [6, 6.07) is 1.40. The summed E-state index contributed by atoms with van der Waals surface area (Å²) in [6.45, 7) is 8.38. The Kier molecular flexibility index (Phi) is 6.81. The molecule has 0 spiro atoms. The molecule has 2 aliphatic heterocycles. The summed E-state index contributed by atoms with van der Waals surface area (Å²) in [4.78, 5) is 26.6. The van der Waals surface area contributed by atoms with E-state index in [-0.39, 0.29) is 18.1 Å². The first-order valence-electron chi connectivity index (χ1n) is 10.9. The Morgan fingerprint density at radius 1 is 1.26 bits per heavy atom. The summed E-state index contributed by atoms with van der Waals surface area (Å²) >= 11 is 1.51. The maximum Gasteiger partial charge on any atom is 0.271 e. The number of rotatable bonds is 5. The van der Waals surface area contributed by atoms with E-state index in [9.17, 15) is 13.6 Å². The number of carbonyl (C=O) groups excluding carboxylic acids is 1. The average Bonchev–Trinajstić information content (AvgIpc) is 3.15. The molecule has 0 aromatic carbocycles. The number of hydrogen-bond donors (Lipinski definition) is 1. The number of halogens is 2. The van der Waals surface area contributed by atoms with Crippen LogP contribution in [0, 0.1) is 24.5 Å². The number of pyridine rings is 1. The van der Waals surface area contributed by atoms with Gasteiger partial charge in [0.25, 0.3) is 5.91 Å². The Bertz CT molecular complexity index is 929. The van der Waals surface area contributed by atoms with Crippen molar-refractivity contribution >= 4 is 22.4 Å². The Hall–Kier alpha value is -2.13. The Morgan fingerprint density at radius 3 is 2.74 bits per heavy atom. The molecule has 4 heterocycles. The molecule has 31 heavy (non-hydrogen) atoms. The molecule has 0 bridgehead atoms. The van der Waals surface area contributed by atoms with Crippen LogP contribution < -0.4 is 10.2 Å². The molecule has 1 N–H and O–H groups in total. The third-order valence-electron chi connectivity index (χ3n) is 6.24. The molecule has 0 saturated carbocycles. The first-order valence-corrected chi connectivity index (χ1v) is 11.8. The van der Waals surface area contributed by atoms with Crippen molar-refractivity contribution in [3.8, 4) is 0 Å². The van der Waals surface area contributed by atoms with Gasteiger partial charge in [-0.2, -0.15) is 0 Å². The van der Waals surface area contributed by atoms with Crippen molar-refractivity contribution in [1.82, 2.24) is 20.2 Å². The number of anilines is 1. The second kappa shape index (κ2) is 9.56. The predicted molar refractivity (Wildman–Crippen MR) is 117 cm³/mol.